The molecule has 0 saturated carbocycles. The Kier molecular flexibility index (Phi) is 6.35. The Labute approximate surface area is 181 Å². The van der Waals surface area contributed by atoms with Crippen molar-refractivity contribution in [3.8, 4) is 5.75 Å². The number of carbonyl (C=O) groups is 1. The summed E-state index contributed by atoms with van der Waals surface area (Å²) in [5.74, 6) is 1.40. The molecule has 4 aromatic rings. The number of anilines is 1. The van der Waals surface area contributed by atoms with Crippen LogP contribution in [0.5, 0.6) is 5.75 Å². The molecule has 1 unspecified atom stereocenters. The molecular formula is C26H23NO2S. The van der Waals surface area contributed by atoms with Gasteiger partial charge in [0, 0.05) is 16.3 Å². The van der Waals surface area contributed by atoms with Crippen LogP contribution in [0.1, 0.15) is 12.5 Å². The Bertz CT molecular complexity index is 1130. The Morgan fingerprint density at radius 3 is 2.33 bits per heavy atom. The third-order valence-corrected chi connectivity index (χ3v) is 5.86. The molecule has 0 saturated heterocycles. The van der Waals surface area contributed by atoms with Crippen LogP contribution in [0.2, 0.25) is 0 Å². The molecule has 4 aromatic carbocycles. The lowest BCUT2D eigenvalue weighted by Crippen LogP contribution is -2.30. The molecule has 3 nitrogen and oxygen atoms in total. The maximum absolute atomic E-state index is 12.5. The van der Waals surface area contributed by atoms with Crippen molar-refractivity contribution < 1.29 is 9.53 Å². The Hall–Kier alpha value is -3.24. The number of hydrogen-bond donors (Lipinski definition) is 1. The normalized spacial score (nSPS) is 11.8. The van der Waals surface area contributed by atoms with Crippen molar-refractivity contribution in [1.29, 1.82) is 0 Å². The Balaban J connectivity index is 1.32. The van der Waals surface area contributed by atoms with Gasteiger partial charge < -0.3 is 10.1 Å². The highest BCUT2D eigenvalue weighted by atomic mass is 32.2. The molecular weight excluding hydrogens is 390 g/mol. The predicted molar refractivity (Wildman–Crippen MR) is 125 cm³/mol. The molecule has 1 atom stereocenters. The standard InChI is InChI=1S/C26H23NO2S/c1-19(29-24-16-13-21-7-5-6-8-22(21)17-24)26(28)27-23-14-11-20(12-15-23)18-30-25-9-3-2-4-10-25/h2-17,19H,18H2,1H3,(H,27,28). The summed E-state index contributed by atoms with van der Waals surface area (Å²) < 4.78 is 5.85. The van der Waals surface area contributed by atoms with E-state index in [1.165, 1.54) is 10.5 Å². The van der Waals surface area contributed by atoms with Crippen LogP contribution in [-0.2, 0) is 10.5 Å². The smallest absolute Gasteiger partial charge is 0.265 e. The molecule has 0 aliphatic carbocycles. The Morgan fingerprint density at radius 1 is 0.867 bits per heavy atom. The lowest BCUT2D eigenvalue weighted by molar-refractivity contribution is -0.122. The number of thioether (sulfide) groups is 1. The van der Waals surface area contributed by atoms with Gasteiger partial charge in [-0.1, -0.05) is 60.7 Å². The molecule has 0 spiro atoms. The van der Waals surface area contributed by atoms with Gasteiger partial charge in [-0.25, -0.2) is 0 Å². The zero-order valence-electron chi connectivity index (χ0n) is 16.7. The number of amides is 1. The third-order valence-electron chi connectivity index (χ3n) is 4.77. The highest BCUT2D eigenvalue weighted by Crippen LogP contribution is 2.24. The van der Waals surface area contributed by atoms with E-state index in [4.69, 9.17) is 4.74 Å². The van der Waals surface area contributed by atoms with Crippen LogP contribution in [0.3, 0.4) is 0 Å². The molecule has 0 heterocycles. The summed E-state index contributed by atoms with van der Waals surface area (Å²) in [5, 5.41) is 5.16. The van der Waals surface area contributed by atoms with E-state index >= 15 is 0 Å². The van der Waals surface area contributed by atoms with Gasteiger partial charge in [0.2, 0.25) is 0 Å². The van der Waals surface area contributed by atoms with Gasteiger partial charge in [-0.2, -0.15) is 0 Å². The Morgan fingerprint density at radius 2 is 1.57 bits per heavy atom. The zero-order valence-corrected chi connectivity index (χ0v) is 17.6. The van der Waals surface area contributed by atoms with Gasteiger partial charge in [0.25, 0.3) is 5.91 Å². The summed E-state index contributed by atoms with van der Waals surface area (Å²) in [5.41, 5.74) is 1.98. The van der Waals surface area contributed by atoms with Crippen LogP contribution >= 0.6 is 11.8 Å². The van der Waals surface area contributed by atoms with E-state index in [2.05, 4.69) is 23.5 Å². The molecule has 0 aliphatic heterocycles. The largest absolute Gasteiger partial charge is 0.481 e. The van der Waals surface area contributed by atoms with Gasteiger partial charge in [0.05, 0.1) is 0 Å². The summed E-state index contributed by atoms with van der Waals surface area (Å²) in [6.45, 7) is 1.76. The molecule has 0 radical (unpaired) electrons. The second kappa shape index (κ2) is 9.51. The molecule has 150 valence electrons. The highest BCUT2D eigenvalue weighted by molar-refractivity contribution is 7.98. The fourth-order valence-corrected chi connectivity index (χ4v) is 3.99. The van der Waals surface area contributed by atoms with Crippen molar-refractivity contribution in [2.75, 3.05) is 5.32 Å². The summed E-state index contributed by atoms with van der Waals surface area (Å²) >= 11 is 1.79. The molecule has 0 bridgehead atoms. The van der Waals surface area contributed by atoms with Crippen molar-refractivity contribution in [3.63, 3.8) is 0 Å². The van der Waals surface area contributed by atoms with Gasteiger partial charge in [-0.05, 0) is 59.7 Å². The number of hydrogen-bond acceptors (Lipinski definition) is 3. The number of rotatable bonds is 7. The molecule has 0 aromatic heterocycles. The van der Waals surface area contributed by atoms with Gasteiger partial charge in [0.15, 0.2) is 6.10 Å². The monoisotopic (exact) mass is 413 g/mol. The number of benzene rings is 4. The summed E-state index contributed by atoms with van der Waals surface area (Å²) in [6, 6.07) is 32.2. The molecule has 0 aliphatic rings. The summed E-state index contributed by atoms with van der Waals surface area (Å²) in [6.07, 6.45) is -0.598. The third kappa shape index (κ3) is 5.22. The molecule has 0 fully saturated rings. The van der Waals surface area contributed by atoms with Crippen LogP contribution < -0.4 is 10.1 Å². The van der Waals surface area contributed by atoms with E-state index in [-0.39, 0.29) is 5.91 Å². The summed E-state index contributed by atoms with van der Waals surface area (Å²) in [7, 11) is 0. The second-order valence-corrected chi connectivity index (χ2v) is 8.11. The molecule has 4 heteroatoms. The maximum atomic E-state index is 12.5. The highest BCUT2D eigenvalue weighted by Gasteiger charge is 2.15. The first-order valence-electron chi connectivity index (χ1n) is 9.90. The average Bonchev–Trinajstić information content (AvgIpc) is 2.79. The van der Waals surface area contributed by atoms with Crippen LogP contribution in [-0.4, -0.2) is 12.0 Å². The van der Waals surface area contributed by atoms with Crippen molar-refractivity contribution in [3.05, 3.63) is 103 Å². The second-order valence-electron chi connectivity index (χ2n) is 7.06. The average molecular weight is 414 g/mol. The van der Waals surface area contributed by atoms with Crippen molar-refractivity contribution in [2.45, 2.75) is 23.7 Å². The fourth-order valence-electron chi connectivity index (χ4n) is 3.11. The number of fused-ring (bicyclic) bond motifs is 1. The number of ether oxygens (including phenoxy) is 1. The van der Waals surface area contributed by atoms with Gasteiger partial charge >= 0.3 is 0 Å². The first-order chi connectivity index (χ1) is 14.7. The SMILES string of the molecule is CC(Oc1ccc2ccccc2c1)C(=O)Nc1ccc(CSc2ccccc2)cc1. The maximum Gasteiger partial charge on any atom is 0.265 e. The van der Waals surface area contributed by atoms with E-state index in [9.17, 15) is 4.79 Å². The summed E-state index contributed by atoms with van der Waals surface area (Å²) in [4.78, 5) is 13.8. The van der Waals surface area contributed by atoms with Crippen molar-refractivity contribution >= 4 is 34.1 Å². The van der Waals surface area contributed by atoms with Crippen LogP contribution in [0.15, 0.2) is 102 Å². The zero-order chi connectivity index (χ0) is 20.8. The van der Waals surface area contributed by atoms with E-state index in [0.717, 1.165) is 22.2 Å². The fraction of sp³-hybridized carbons (Fsp3) is 0.115. The van der Waals surface area contributed by atoms with Gasteiger partial charge in [-0.3, -0.25) is 4.79 Å². The molecule has 1 N–H and O–H groups in total. The van der Waals surface area contributed by atoms with E-state index in [1.807, 2.05) is 78.9 Å². The number of nitrogens with one attached hydrogen (secondary N) is 1. The number of carbonyl (C=O) groups excluding carboxylic acids is 1. The van der Waals surface area contributed by atoms with Crippen LogP contribution in [0, 0.1) is 0 Å². The van der Waals surface area contributed by atoms with Crippen LogP contribution in [0.4, 0.5) is 5.69 Å². The van der Waals surface area contributed by atoms with Crippen molar-refractivity contribution in [2.24, 2.45) is 0 Å². The lowest BCUT2D eigenvalue weighted by Gasteiger charge is -2.15. The van der Waals surface area contributed by atoms with Gasteiger partial charge in [-0.15, -0.1) is 11.8 Å². The molecule has 1 amide bonds. The molecule has 4 rings (SSSR count). The van der Waals surface area contributed by atoms with E-state index in [1.54, 1.807) is 18.7 Å². The predicted octanol–water partition coefficient (Wildman–Crippen LogP) is 6.54. The minimum Gasteiger partial charge on any atom is -0.481 e. The van der Waals surface area contributed by atoms with Crippen molar-refractivity contribution in [1.82, 2.24) is 0 Å². The van der Waals surface area contributed by atoms with Crippen LogP contribution in [0.25, 0.3) is 10.8 Å². The van der Waals surface area contributed by atoms with E-state index in [0.29, 0.717) is 5.75 Å². The first-order valence-corrected chi connectivity index (χ1v) is 10.9. The molecule has 30 heavy (non-hydrogen) atoms. The minimum absolute atomic E-state index is 0.172. The minimum atomic E-state index is -0.598. The first kappa shape index (κ1) is 20.0. The van der Waals surface area contributed by atoms with Gasteiger partial charge in [0.1, 0.15) is 5.75 Å². The topological polar surface area (TPSA) is 38.3 Å². The lowest BCUT2D eigenvalue weighted by atomic mass is 10.1. The van der Waals surface area contributed by atoms with E-state index < -0.39 is 6.10 Å². The quantitative estimate of drug-likeness (QED) is 0.350.